The van der Waals surface area contributed by atoms with Gasteiger partial charge in [0.2, 0.25) is 0 Å². The second kappa shape index (κ2) is 5.85. The molecule has 0 radical (unpaired) electrons. The molecule has 0 aliphatic carbocycles. The zero-order valence-electron chi connectivity index (χ0n) is 11.3. The Morgan fingerprint density at radius 1 is 1.16 bits per heavy atom. The summed E-state index contributed by atoms with van der Waals surface area (Å²) in [6.45, 7) is 4.39. The van der Waals surface area contributed by atoms with Crippen molar-refractivity contribution in [1.82, 2.24) is 0 Å². The first-order valence-electron chi connectivity index (χ1n) is 6.49. The molecule has 1 atom stereocenters. The summed E-state index contributed by atoms with van der Waals surface area (Å²) in [6.07, 6.45) is 0. The van der Waals surface area contributed by atoms with E-state index < -0.39 is 6.04 Å². The van der Waals surface area contributed by atoms with Crippen molar-refractivity contribution in [1.29, 1.82) is 0 Å². The first-order chi connectivity index (χ1) is 9.09. The van der Waals surface area contributed by atoms with Crippen LogP contribution < -0.4 is 5.73 Å². The summed E-state index contributed by atoms with van der Waals surface area (Å²) in [5.74, 6) is -0.0614. The molecule has 0 bridgehead atoms. The Hall–Kier alpha value is -1.87. The second-order valence-electron chi connectivity index (χ2n) is 5.07. The van der Waals surface area contributed by atoms with E-state index in [1.54, 1.807) is 0 Å². The van der Waals surface area contributed by atoms with Gasteiger partial charge in [0.1, 0.15) is 6.04 Å². The van der Waals surface area contributed by atoms with Crippen LogP contribution in [0.25, 0.3) is 10.8 Å². The normalized spacial score (nSPS) is 12.6. The minimum Gasteiger partial charge on any atom is -0.464 e. The van der Waals surface area contributed by atoms with Crippen molar-refractivity contribution in [3.05, 3.63) is 48.0 Å². The van der Waals surface area contributed by atoms with Gasteiger partial charge in [-0.2, -0.15) is 0 Å². The fraction of sp³-hybridized carbons (Fsp3) is 0.312. The van der Waals surface area contributed by atoms with Crippen LogP contribution >= 0.6 is 0 Å². The highest BCUT2D eigenvalue weighted by Crippen LogP contribution is 2.23. The summed E-state index contributed by atoms with van der Waals surface area (Å²) < 4.78 is 5.20. The van der Waals surface area contributed by atoms with Crippen molar-refractivity contribution in [3.63, 3.8) is 0 Å². The molecule has 0 saturated heterocycles. The zero-order valence-corrected chi connectivity index (χ0v) is 11.3. The number of rotatable bonds is 4. The van der Waals surface area contributed by atoms with Gasteiger partial charge in [-0.15, -0.1) is 0 Å². The average molecular weight is 257 g/mol. The van der Waals surface area contributed by atoms with Crippen LogP contribution in [0.4, 0.5) is 0 Å². The Morgan fingerprint density at radius 3 is 2.58 bits per heavy atom. The number of carbonyl (C=O) groups is 1. The maximum Gasteiger partial charge on any atom is 0.327 e. The molecule has 0 amide bonds. The van der Waals surface area contributed by atoms with Gasteiger partial charge in [0, 0.05) is 0 Å². The first-order valence-corrected chi connectivity index (χ1v) is 6.49. The van der Waals surface area contributed by atoms with E-state index >= 15 is 0 Å². The van der Waals surface area contributed by atoms with Crippen LogP contribution in [0.1, 0.15) is 25.5 Å². The minimum atomic E-state index is -0.732. The molecule has 100 valence electrons. The number of hydrogen-bond donors (Lipinski definition) is 1. The van der Waals surface area contributed by atoms with Crippen molar-refractivity contribution < 1.29 is 9.53 Å². The third kappa shape index (κ3) is 3.12. The molecule has 1 unspecified atom stereocenters. The molecule has 2 rings (SSSR count). The van der Waals surface area contributed by atoms with Gasteiger partial charge in [0.25, 0.3) is 0 Å². The van der Waals surface area contributed by atoms with Crippen molar-refractivity contribution >= 4 is 16.7 Å². The van der Waals surface area contributed by atoms with Crippen molar-refractivity contribution in [2.75, 3.05) is 6.61 Å². The van der Waals surface area contributed by atoms with E-state index in [0.29, 0.717) is 12.5 Å². The van der Waals surface area contributed by atoms with Gasteiger partial charge in [-0.25, -0.2) is 4.79 Å². The van der Waals surface area contributed by atoms with Crippen LogP contribution in [0.5, 0.6) is 0 Å². The molecule has 0 saturated carbocycles. The van der Waals surface area contributed by atoms with Crippen LogP contribution in [0.15, 0.2) is 42.5 Å². The summed E-state index contributed by atoms with van der Waals surface area (Å²) in [5, 5.41) is 2.08. The molecular formula is C16H19NO2. The van der Waals surface area contributed by atoms with E-state index in [0.717, 1.165) is 16.3 Å². The van der Waals surface area contributed by atoms with E-state index in [-0.39, 0.29) is 5.97 Å². The summed E-state index contributed by atoms with van der Waals surface area (Å²) >= 11 is 0. The molecule has 0 spiro atoms. The maximum absolute atomic E-state index is 11.9. The maximum atomic E-state index is 11.9. The van der Waals surface area contributed by atoms with Gasteiger partial charge in [0.05, 0.1) is 6.61 Å². The average Bonchev–Trinajstić information content (AvgIpc) is 2.43. The summed E-state index contributed by atoms with van der Waals surface area (Å²) in [7, 11) is 0. The lowest BCUT2D eigenvalue weighted by Gasteiger charge is -2.15. The molecule has 0 fully saturated rings. The number of fused-ring (bicyclic) bond motifs is 1. The van der Waals surface area contributed by atoms with Crippen LogP contribution in [0, 0.1) is 5.92 Å². The lowest BCUT2D eigenvalue weighted by Crippen LogP contribution is -2.25. The number of carbonyl (C=O) groups excluding carboxylic acids is 1. The smallest absolute Gasteiger partial charge is 0.327 e. The van der Waals surface area contributed by atoms with E-state index in [1.807, 2.05) is 56.3 Å². The molecule has 0 aromatic heterocycles. The molecule has 3 nitrogen and oxygen atoms in total. The van der Waals surface area contributed by atoms with Crippen molar-refractivity contribution in [2.24, 2.45) is 11.7 Å². The van der Waals surface area contributed by atoms with Crippen molar-refractivity contribution in [2.45, 2.75) is 19.9 Å². The topological polar surface area (TPSA) is 52.3 Å². The number of hydrogen-bond acceptors (Lipinski definition) is 3. The van der Waals surface area contributed by atoms with Crippen LogP contribution in [0.3, 0.4) is 0 Å². The van der Waals surface area contributed by atoms with Gasteiger partial charge in [0.15, 0.2) is 0 Å². The number of benzene rings is 2. The van der Waals surface area contributed by atoms with E-state index in [9.17, 15) is 4.79 Å². The van der Waals surface area contributed by atoms with E-state index in [2.05, 4.69) is 0 Å². The quantitative estimate of drug-likeness (QED) is 0.856. The van der Waals surface area contributed by atoms with Gasteiger partial charge >= 0.3 is 5.97 Å². The predicted molar refractivity (Wildman–Crippen MR) is 76.7 cm³/mol. The van der Waals surface area contributed by atoms with E-state index in [4.69, 9.17) is 10.5 Å². The first kappa shape index (κ1) is 13.6. The minimum absolute atomic E-state index is 0.309. The number of nitrogens with two attached hydrogens (primary N) is 1. The van der Waals surface area contributed by atoms with E-state index in [1.165, 1.54) is 0 Å². The second-order valence-corrected chi connectivity index (χ2v) is 5.07. The monoisotopic (exact) mass is 257 g/mol. The molecule has 0 heterocycles. The highest BCUT2D eigenvalue weighted by atomic mass is 16.5. The molecule has 2 N–H and O–H groups in total. The standard InChI is InChI=1S/C16H19NO2/c1-11(2)10-19-16(18)15(17)14-9-5-7-12-6-3-4-8-13(12)14/h3-9,11,15H,10,17H2,1-2H3. The summed E-state index contributed by atoms with van der Waals surface area (Å²) in [6, 6.07) is 12.9. The molecule has 0 aliphatic heterocycles. The molecule has 3 heteroatoms. The molecular weight excluding hydrogens is 238 g/mol. The van der Waals surface area contributed by atoms with Gasteiger partial charge < -0.3 is 10.5 Å². The molecule has 0 aliphatic rings. The molecule has 2 aromatic rings. The Bertz CT molecular complexity index is 572. The van der Waals surface area contributed by atoms with Crippen LogP contribution in [-0.2, 0) is 9.53 Å². The lowest BCUT2D eigenvalue weighted by molar-refractivity contribution is -0.146. The zero-order chi connectivity index (χ0) is 13.8. The Kier molecular flexibility index (Phi) is 4.17. The number of esters is 1. The Morgan fingerprint density at radius 2 is 1.84 bits per heavy atom. The third-order valence-corrected chi connectivity index (χ3v) is 2.97. The fourth-order valence-corrected chi connectivity index (χ4v) is 1.99. The highest BCUT2D eigenvalue weighted by Gasteiger charge is 2.19. The largest absolute Gasteiger partial charge is 0.464 e. The molecule has 19 heavy (non-hydrogen) atoms. The summed E-state index contributed by atoms with van der Waals surface area (Å²) in [5.41, 5.74) is 6.83. The fourth-order valence-electron chi connectivity index (χ4n) is 1.99. The highest BCUT2D eigenvalue weighted by molar-refractivity contribution is 5.90. The Balaban J connectivity index is 2.26. The SMILES string of the molecule is CC(C)COC(=O)C(N)c1cccc2ccccc12. The van der Waals surface area contributed by atoms with Crippen molar-refractivity contribution in [3.8, 4) is 0 Å². The van der Waals surface area contributed by atoms with Crippen LogP contribution in [0.2, 0.25) is 0 Å². The van der Waals surface area contributed by atoms with Crippen LogP contribution in [-0.4, -0.2) is 12.6 Å². The Labute approximate surface area is 113 Å². The van der Waals surface area contributed by atoms with Gasteiger partial charge in [-0.05, 0) is 22.3 Å². The third-order valence-electron chi connectivity index (χ3n) is 2.97. The number of ether oxygens (including phenoxy) is 1. The summed E-state index contributed by atoms with van der Waals surface area (Å²) in [4.78, 5) is 11.9. The van der Waals surface area contributed by atoms with Gasteiger partial charge in [-0.3, -0.25) is 0 Å². The lowest BCUT2D eigenvalue weighted by atomic mass is 9.99. The predicted octanol–water partition coefficient (Wildman–Crippen LogP) is 3.04. The molecule has 2 aromatic carbocycles. The van der Waals surface area contributed by atoms with Gasteiger partial charge in [-0.1, -0.05) is 56.3 Å².